The van der Waals surface area contributed by atoms with Crippen molar-refractivity contribution >= 4 is 39.3 Å². The first kappa shape index (κ1) is 26.2. The van der Waals surface area contributed by atoms with E-state index in [9.17, 15) is 9.59 Å². The Hall–Kier alpha value is -2.05. The lowest BCUT2D eigenvalue weighted by Gasteiger charge is -2.29. The molecule has 2 aromatic rings. The molecule has 2 amide bonds. The molecule has 7 heteroatoms. The average molecular weight is 524 g/mol. The normalized spacial score (nSPS) is 12.2. The Kier molecular flexibility index (Phi) is 9.59. The number of amides is 2. The van der Waals surface area contributed by atoms with Gasteiger partial charge < -0.3 is 15.0 Å². The summed E-state index contributed by atoms with van der Waals surface area (Å²) in [5.74, 6) is 0.122. The van der Waals surface area contributed by atoms with Crippen molar-refractivity contribution in [2.45, 2.75) is 59.0 Å². The van der Waals surface area contributed by atoms with Crippen LogP contribution in [-0.4, -0.2) is 35.9 Å². The van der Waals surface area contributed by atoms with Crippen LogP contribution in [-0.2, 0) is 21.5 Å². The summed E-state index contributed by atoms with van der Waals surface area (Å²) in [5.41, 5.74) is 2.05. The molecule has 0 aliphatic carbocycles. The maximum atomic E-state index is 13.1. The first-order chi connectivity index (χ1) is 15.0. The van der Waals surface area contributed by atoms with E-state index in [1.165, 1.54) is 4.90 Å². The summed E-state index contributed by atoms with van der Waals surface area (Å²) in [6.45, 7) is 10.8. The lowest BCUT2D eigenvalue weighted by Crippen LogP contribution is -2.49. The lowest BCUT2D eigenvalue weighted by atomic mass is 9.87. The molecule has 32 heavy (non-hydrogen) atoms. The van der Waals surface area contributed by atoms with E-state index in [4.69, 9.17) is 16.3 Å². The number of carbonyl (C=O) groups is 2. The van der Waals surface area contributed by atoms with E-state index in [-0.39, 0.29) is 30.4 Å². The smallest absolute Gasteiger partial charge is 0.261 e. The van der Waals surface area contributed by atoms with Crippen LogP contribution in [0.5, 0.6) is 5.75 Å². The third kappa shape index (κ3) is 7.52. The van der Waals surface area contributed by atoms with E-state index in [1.54, 1.807) is 19.1 Å². The molecule has 0 radical (unpaired) electrons. The minimum Gasteiger partial charge on any atom is -0.483 e. The van der Waals surface area contributed by atoms with Gasteiger partial charge in [0.15, 0.2) is 6.61 Å². The van der Waals surface area contributed by atoms with Crippen molar-refractivity contribution in [3.63, 3.8) is 0 Å². The van der Waals surface area contributed by atoms with E-state index in [2.05, 4.69) is 42.0 Å². The van der Waals surface area contributed by atoms with Gasteiger partial charge in [-0.2, -0.15) is 0 Å². The topological polar surface area (TPSA) is 58.6 Å². The van der Waals surface area contributed by atoms with Crippen LogP contribution in [0.4, 0.5) is 0 Å². The van der Waals surface area contributed by atoms with E-state index in [1.807, 2.05) is 37.3 Å². The van der Waals surface area contributed by atoms with Gasteiger partial charge in [0.05, 0.1) is 4.47 Å². The zero-order valence-electron chi connectivity index (χ0n) is 19.4. The molecule has 0 saturated heterocycles. The Balaban J connectivity index is 2.16. The molecule has 0 heterocycles. The van der Waals surface area contributed by atoms with Crippen molar-refractivity contribution in [1.82, 2.24) is 10.2 Å². The maximum absolute atomic E-state index is 13.1. The van der Waals surface area contributed by atoms with Crippen molar-refractivity contribution in [1.29, 1.82) is 0 Å². The number of hydrogen-bond donors (Lipinski definition) is 1. The van der Waals surface area contributed by atoms with Gasteiger partial charge in [0.2, 0.25) is 5.91 Å². The Labute approximate surface area is 204 Å². The molecule has 0 aliphatic rings. The molecular formula is C25H32BrClN2O3. The number of rotatable bonds is 9. The Morgan fingerprint density at radius 2 is 1.81 bits per heavy atom. The van der Waals surface area contributed by atoms with Crippen molar-refractivity contribution in [3.05, 3.63) is 63.1 Å². The predicted octanol–water partition coefficient (Wildman–Crippen LogP) is 5.72. The molecule has 0 aromatic heterocycles. The van der Waals surface area contributed by atoms with Crippen molar-refractivity contribution in [2.75, 3.05) is 13.2 Å². The Morgan fingerprint density at radius 3 is 2.38 bits per heavy atom. The summed E-state index contributed by atoms with van der Waals surface area (Å²) in [6, 6.07) is 12.5. The van der Waals surface area contributed by atoms with E-state index >= 15 is 0 Å². The molecular weight excluding hydrogens is 492 g/mol. The molecule has 0 unspecified atom stereocenters. The summed E-state index contributed by atoms with van der Waals surface area (Å²) >= 11 is 9.52. The van der Waals surface area contributed by atoms with Gasteiger partial charge in [-0.15, -0.1) is 0 Å². The number of halogens is 2. The summed E-state index contributed by atoms with van der Waals surface area (Å²) in [4.78, 5) is 27.2. The second-order valence-electron chi connectivity index (χ2n) is 8.80. The molecule has 1 atom stereocenters. The van der Waals surface area contributed by atoms with Gasteiger partial charge in [-0.1, -0.05) is 57.5 Å². The van der Waals surface area contributed by atoms with Crippen LogP contribution >= 0.6 is 27.5 Å². The Bertz CT molecular complexity index is 926. The van der Waals surface area contributed by atoms with Crippen LogP contribution in [0.1, 0.15) is 52.2 Å². The largest absolute Gasteiger partial charge is 0.483 e. The van der Waals surface area contributed by atoms with Crippen molar-refractivity contribution < 1.29 is 14.3 Å². The fraction of sp³-hybridized carbons (Fsp3) is 0.440. The molecule has 0 saturated carbocycles. The standard InChI is InChI=1S/C25H32BrClN2O3/c1-6-13-28-24(31)17(2)29(15-18-7-10-20(27)11-8-18)23(30)16-32-22-12-9-19(14-21(22)26)25(3,4)5/h7-12,14,17H,6,13,15-16H2,1-5H3,(H,28,31)/t17-/m1/s1. The number of benzene rings is 2. The van der Waals surface area contributed by atoms with E-state index in [0.717, 1.165) is 22.0 Å². The van der Waals surface area contributed by atoms with E-state index in [0.29, 0.717) is 17.3 Å². The monoisotopic (exact) mass is 522 g/mol. The van der Waals surface area contributed by atoms with Crippen LogP contribution in [0.3, 0.4) is 0 Å². The van der Waals surface area contributed by atoms with E-state index < -0.39 is 6.04 Å². The first-order valence-corrected chi connectivity index (χ1v) is 11.9. The number of nitrogens with zero attached hydrogens (tertiary/aromatic N) is 1. The van der Waals surface area contributed by atoms with Gasteiger partial charge >= 0.3 is 0 Å². The molecule has 0 aliphatic heterocycles. The predicted molar refractivity (Wildman–Crippen MR) is 133 cm³/mol. The van der Waals surface area contributed by atoms with Crippen LogP contribution in [0.15, 0.2) is 46.9 Å². The van der Waals surface area contributed by atoms with Gasteiger partial charge in [0, 0.05) is 18.1 Å². The minimum atomic E-state index is -0.639. The van der Waals surface area contributed by atoms with Gasteiger partial charge in [0.1, 0.15) is 11.8 Å². The Morgan fingerprint density at radius 1 is 1.16 bits per heavy atom. The van der Waals surface area contributed by atoms with Crippen molar-refractivity contribution in [3.8, 4) is 5.75 Å². The van der Waals surface area contributed by atoms with Gasteiger partial charge in [0.25, 0.3) is 5.91 Å². The quantitative estimate of drug-likeness (QED) is 0.457. The molecule has 2 rings (SSSR count). The number of ether oxygens (including phenoxy) is 1. The summed E-state index contributed by atoms with van der Waals surface area (Å²) in [6.07, 6.45) is 0.825. The molecule has 1 N–H and O–H groups in total. The zero-order chi connectivity index (χ0) is 23.9. The highest BCUT2D eigenvalue weighted by atomic mass is 79.9. The maximum Gasteiger partial charge on any atom is 0.261 e. The lowest BCUT2D eigenvalue weighted by molar-refractivity contribution is -0.142. The fourth-order valence-electron chi connectivity index (χ4n) is 3.07. The fourth-order valence-corrected chi connectivity index (χ4v) is 3.69. The molecule has 0 spiro atoms. The van der Waals surface area contributed by atoms with Crippen LogP contribution in [0.25, 0.3) is 0 Å². The molecule has 2 aromatic carbocycles. The number of carbonyl (C=O) groups excluding carboxylic acids is 2. The summed E-state index contributed by atoms with van der Waals surface area (Å²) < 4.78 is 6.61. The number of hydrogen-bond acceptors (Lipinski definition) is 3. The molecule has 0 fully saturated rings. The van der Waals surface area contributed by atoms with Crippen LogP contribution in [0, 0.1) is 0 Å². The van der Waals surface area contributed by atoms with Gasteiger partial charge in [-0.05, 0) is 70.1 Å². The third-order valence-corrected chi connectivity index (χ3v) is 6.00. The second-order valence-corrected chi connectivity index (χ2v) is 10.1. The SMILES string of the molecule is CCCNC(=O)[C@@H](C)N(Cc1ccc(Cl)cc1)C(=O)COc1ccc(C(C)(C)C)cc1Br. The van der Waals surface area contributed by atoms with Crippen LogP contribution in [0.2, 0.25) is 5.02 Å². The molecule has 0 bridgehead atoms. The minimum absolute atomic E-state index is 0.00747. The highest BCUT2D eigenvalue weighted by Crippen LogP contribution is 2.31. The number of nitrogens with one attached hydrogen (secondary N) is 1. The average Bonchev–Trinajstić information content (AvgIpc) is 2.74. The molecule has 174 valence electrons. The summed E-state index contributed by atoms with van der Waals surface area (Å²) in [7, 11) is 0. The second kappa shape index (κ2) is 11.7. The van der Waals surface area contributed by atoms with Gasteiger partial charge in [-0.3, -0.25) is 9.59 Å². The first-order valence-electron chi connectivity index (χ1n) is 10.8. The highest BCUT2D eigenvalue weighted by Gasteiger charge is 2.26. The highest BCUT2D eigenvalue weighted by molar-refractivity contribution is 9.10. The zero-order valence-corrected chi connectivity index (χ0v) is 21.7. The molecule has 5 nitrogen and oxygen atoms in total. The third-order valence-electron chi connectivity index (χ3n) is 5.13. The van der Waals surface area contributed by atoms with Crippen molar-refractivity contribution in [2.24, 2.45) is 0 Å². The van der Waals surface area contributed by atoms with Gasteiger partial charge in [-0.25, -0.2) is 0 Å². The summed E-state index contributed by atoms with van der Waals surface area (Å²) in [5, 5.41) is 3.48. The van der Waals surface area contributed by atoms with Crippen LogP contribution < -0.4 is 10.1 Å².